The highest BCUT2D eigenvalue weighted by molar-refractivity contribution is 5.79. The summed E-state index contributed by atoms with van der Waals surface area (Å²) >= 11 is 0. The molecule has 2 atom stereocenters. The second kappa shape index (κ2) is 10.6. The number of benzene rings is 2. The van der Waals surface area contributed by atoms with Gasteiger partial charge in [-0.25, -0.2) is 9.89 Å². The van der Waals surface area contributed by atoms with Gasteiger partial charge in [-0.3, -0.25) is 14.7 Å². The molecule has 1 aliphatic rings. The van der Waals surface area contributed by atoms with Gasteiger partial charge in [-0.1, -0.05) is 30.3 Å². The number of nitrogens with zero attached hydrogens (tertiary/aromatic N) is 3. The fourth-order valence-corrected chi connectivity index (χ4v) is 4.44. The second-order valence-corrected chi connectivity index (χ2v) is 8.89. The van der Waals surface area contributed by atoms with Crippen LogP contribution in [0.15, 0.2) is 53.3 Å². The van der Waals surface area contributed by atoms with Crippen LogP contribution in [0.5, 0.6) is 0 Å². The Hall–Kier alpha value is -3.65. The van der Waals surface area contributed by atoms with Crippen LogP contribution in [0.4, 0.5) is 26.3 Å². The van der Waals surface area contributed by atoms with E-state index in [2.05, 4.69) is 15.2 Å². The molecule has 2 N–H and O–H groups in total. The predicted molar refractivity (Wildman–Crippen MR) is 121 cm³/mol. The van der Waals surface area contributed by atoms with Crippen LogP contribution in [0.3, 0.4) is 0 Å². The van der Waals surface area contributed by atoms with Crippen LogP contribution in [-0.2, 0) is 35.0 Å². The monoisotopic (exact) mass is 543 g/mol. The molecule has 1 aromatic heterocycles. The van der Waals surface area contributed by atoms with E-state index in [0.29, 0.717) is 12.1 Å². The molecule has 1 aliphatic heterocycles. The third-order valence-electron chi connectivity index (χ3n) is 6.24. The van der Waals surface area contributed by atoms with Gasteiger partial charge in [0.1, 0.15) is 5.82 Å². The Balaban J connectivity index is 1.59. The maximum atomic E-state index is 13.2. The normalized spacial score (nSPS) is 19.2. The van der Waals surface area contributed by atoms with Crippen molar-refractivity contribution in [2.24, 2.45) is 0 Å². The Kier molecular flexibility index (Phi) is 7.65. The fraction of sp³-hybridized carbons (Fsp3) is 0.375. The SMILES string of the molecule is CN1C(=O)CN(Cc2n[nH]c(=O)[nH]2)C(c2ccccc2)C1COCc1cc(C(F)(F)F)cc(C(F)(F)F)c1. The van der Waals surface area contributed by atoms with Crippen LogP contribution in [0, 0.1) is 0 Å². The number of amides is 1. The third-order valence-corrected chi connectivity index (χ3v) is 6.24. The molecular weight excluding hydrogens is 520 g/mol. The standard InChI is InChI=1S/C24H23F6N5O3/c1-34-18(13-38-12-14-7-16(23(25,26)27)9-17(8-14)24(28,29)30)21(15-5-3-2-4-6-15)35(11-20(34)36)10-19-31-22(37)33-32-19/h2-9,18,21H,10-13H2,1H3,(H2,31,32,33,37). The number of rotatable bonds is 7. The minimum absolute atomic E-state index is 0.0238. The molecule has 0 spiro atoms. The summed E-state index contributed by atoms with van der Waals surface area (Å²) in [6, 6.07) is 9.17. The first kappa shape index (κ1) is 27.4. The highest BCUT2D eigenvalue weighted by Crippen LogP contribution is 2.37. The Morgan fingerprint density at radius 1 is 1.00 bits per heavy atom. The zero-order chi connectivity index (χ0) is 27.7. The van der Waals surface area contributed by atoms with Crippen molar-refractivity contribution in [2.75, 3.05) is 20.2 Å². The largest absolute Gasteiger partial charge is 0.416 e. The Morgan fingerprint density at radius 2 is 1.63 bits per heavy atom. The van der Waals surface area contributed by atoms with E-state index in [1.807, 2.05) is 12.1 Å². The summed E-state index contributed by atoms with van der Waals surface area (Å²) in [5.74, 6) is -0.00121. The lowest BCUT2D eigenvalue weighted by molar-refractivity contribution is -0.146. The van der Waals surface area contributed by atoms with E-state index in [1.54, 1.807) is 30.1 Å². The first-order valence-corrected chi connectivity index (χ1v) is 11.4. The van der Waals surface area contributed by atoms with Gasteiger partial charge >= 0.3 is 18.0 Å². The molecule has 0 radical (unpaired) electrons. The molecule has 2 unspecified atom stereocenters. The van der Waals surface area contributed by atoms with Gasteiger partial charge in [0.2, 0.25) is 5.91 Å². The molecule has 1 saturated heterocycles. The molecule has 8 nitrogen and oxygen atoms in total. The maximum absolute atomic E-state index is 13.2. The molecule has 2 heterocycles. The summed E-state index contributed by atoms with van der Waals surface area (Å²) in [5.41, 5.74) is -2.90. The summed E-state index contributed by atoms with van der Waals surface area (Å²) in [7, 11) is 1.55. The van der Waals surface area contributed by atoms with Gasteiger partial charge in [0, 0.05) is 7.05 Å². The zero-order valence-electron chi connectivity index (χ0n) is 19.9. The van der Waals surface area contributed by atoms with Crippen molar-refractivity contribution in [1.82, 2.24) is 25.0 Å². The highest BCUT2D eigenvalue weighted by Gasteiger charge is 2.41. The van der Waals surface area contributed by atoms with E-state index in [9.17, 15) is 35.9 Å². The van der Waals surface area contributed by atoms with E-state index < -0.39 is 47.9 Å². The minimum Gasteiger partial charge on any atom is -0.375 e. The van der Waals surface area contributed by atoms with Gasteiger partial charge in [-0.15, -0.1) is 0 Å². The van der Waals surface area contributed by atoms with Crippen LogP contribution >= 0.6 is 0 Å². The van der Waals surface area contributed by atoms with Crippen LogP contribution in [0.25, 0.3) is 0 Å². The smallest absolute Gasteiger partial charge is 0.375 e. The molecule has 1 amide bonds. The number of piperazine rings is 1. The minimum atomic E-state index is -4.97. The summed E-state index contributed by atoms with van der Waals surface area (Å²) in [4.78, 5) is 30.0. The number of carbonyl (C=O) groups excluding carboxylic acids is 1. The number of aromatic nitrogens is 3. The number of halogens is 6. The quantitative estimate of drug-likeness (QED) is 0.443. The maximum Gasteiger partial charge on any atom is 0.416 e. The topological polar surface area (TPSA) is 94.3 Å². The van der Waals surface area contributed by atoms with Crippen molar-refractivity contribution < 1.29 is 35.9 Å². The van der Waals surface area contributed by atoms with Crippen molar-refractivity contribution in [3.63, 3.8) is 0 Å². The summed E-state index contributed by atoms with van der Waals surface area (Å²) in [6.07, 6.45) is -9.95. The number of aromatic amines is 2. The number of hydrogen-bond donors (Lipinski definition) is 2. The van der Waals surface area contributed by atoms with Crippen molar-refractivity contribution in [3.05, 3.63) is 87.1 Å². The van der Waals surface area contributed by atoms with Crippen LogP contribution in [0.2, 0.25) is 0 Å². The molecular formula is C24H23F6N5O3. The lowest BCUT2D eigenvalue weighted by Crippen LogP contribution is -2.57. The molecule has 14 heteroatoms. The van der Waals surface area contributed by atoms with Gasteiger partial charge in [0.05, 0.1) is 49.5 Å². The average molecular weight is 543 g/mol. The molecule has 2 aromatic carbocycles. The van der Waals surface area contributed by atoms with E-state index in [0.717, 1.165) is 5.56 Å². The number of ether oxygens (including phenoxy) is 1. The molecule has 0 aliphatic carbocycles. The summed E-state index contributed by atoms with van der Waals surface area (Å²) < 4.78 is 84.9. The van der Waals surface area contributed by atoms with E-state index >= 15 is 0 Å². The van der Waals surface area contributed by atoms with Crippen molar-refractivity contribution in [1.29, 1.82) is 0 Å². The lowest BCUT2D eigenvalue weighted by atomic mass is 9.94. The number of carbonyl (C=O) groups is 1. The van der Waals surface area contributed by atoms with Crippen molar-refractivity contribution in [2.45, 2.75) is 37.6 Å². The van der Waals surface area contributed by atoms with Gasteiger partial charge in [0.15, 0.2) is 0 Å². The Labute approximate surface area is 212 Å². The van der Waals surface area contributed by atoms with Crippen LogP contribution in [-0.4, -0.2) is 57.1 Å². The molecule has 3 aromatic rings. The van der Waals surface area contributed by atoms with Gasteiger partial charge in [-0.2, -0.15) is 31.4 Å². The van der Waals surface area contributed by atoms with Crippen molar-refractivity contribution >= 4 is 5.91 Å². The van der Waals surface area contributed by atoms with Crippen molar-refractivity contribution in [3.8, 4) is 0 Å². The molecule has 38 heavy (non-hydrogen) atoms. The number of H-pyrrole nitrogens is 2. The number of alkyl halides is 6. The van der Waals surface area contributed by atoms with Crippen LogP contribution < -0.4 is 5.69 Å². The predicted octanol–water partition coefficient (Wildman–Crippen LogP) is 3.74. The first-order chi connectivity index (χ1) is 17.8. The van der Waals surface area contributed by atoms with E-state index in [1.165, 1.54) is 4.90 Å². The Bertz CT molecular complexity index is 1290. The first-order valence-electron chi connectivity index (χ1n) is 11.4. The van der Waals surface area contributed by atoms with Crippen LogP contribution in [0.1, 0.15) is 34.1 Å². The number of hydrogen-bond acceptors (Lipinski definition) is 5. The molecule has 1 fully saturated rings. The van der Waals surface area contributed by atoms with Gasteiger partial charge < -0.3 is 9.64 Å². The summed E-state index contributed by atoms with van der Waals surface area (Å²) in [5, 5.41) is 6.15. The van der Waals surface area contributed by atoms with E-state index in [-0.39, 0.29) is 43.1 Å². The number of nitrogens with one attached hydrogen (secondary N) is 2. The number of likely N-dealkylation sites (N-methyl/N-ethyl adjacent to an activating group) is 1. The van der Waals surface area contributed by atoms with Gasteiger partial charge in [0.25, 0.3) is 0 Å². The molecule has 204 valence electrons. The lowest BCUT2D eigenvalue weighted by Gasteiger charge is -2.45. The molecule has 0 bridgehead atoms. The summed E-state index contributed by atoms with van der Waals surface area (Å²) in [6.45, 7) is -0.659. The van der Waals surface area contributed by atoms with E-state index in [4.69, 9.17) is 4.74 Å². The molecule has 4 rings (SSSR count). The third kappa shape index (κ3) is 6.25. The average Bonchev–Trinajstić information content (AvgIpc) is 3.25. The Morgan fingerprint density at radius 3 is 2.18 bits per heavy atom. The molecule has 0 saturated carbocycles. The van der Waals surface area contributed by atoms with Gasteiger partial charge in [-0.05, 0) is 29.3 Å². The zero-order valence-corrected chi connectivity index (χ0v) is 19.9. The fourth-order valence-electron chi connectivity index (χ4n) is 4.44. The second-order valence-electron chi connectivity index (χ2n) is 8.89. The highest BCUT2D eigenvalue weighted by atomic mass is 19.4.